The van der Waals surface area contributed by atoms with Crippen molar-refractivity contribution in [3.8, 4) is 0 Å². The predicted molar refractivity (Wildman–Crippen MR) is 112 cm³/mol. The van der Waals surface area contributed by atoms with Gasteiger partial charge in [0, 0.05) is 5.54 Å². The Morgan fingerprint density at radius 2 is 0.958 bits per heavy atom. The van der Waals surface area contributed by atoms with Crippen molar-refractivity contribution in [3.63, 3.8) is 0 Å². The Balaban J connectivity index is 4.43. The molecule has 0 amide bonds. The van der Waals surface area contributed by atoms with E-state index >= 15 is 0 Å². The number of hydrogen-bond donors (Lipinski definition) is 1. The molecule has 146 valence electrons. The molecular weight excluding hydrogens is 290 g/mol. The van der Waals surface area contributed by atoms with Gasteiger partial charge in [-0.1, -0.05) is 111 Å². The van der Waals surface area contributed by atoms with Crippen LogP contribution in [-0.2, 0) is 0 Å². The first kappa shape index (κ1) is 24.0. The lowest BCUT2D eigenvalue weighted by Crippen LogP contribution is -2.47. The van der Waals surface area contributed by atoms with Crippen LogP contribution in [0.2, 0.25) is 0 Å². The van der Waals surface area contributed by atoms with E-state index in [1.165, 1.54) is 109 Å². The maximum Gasteiger partial charge on any atom is 0.0182 e. The van der Waals surface area contributed by atoms with Gasteiger partial charge in [0.15, 0.2) is 0 Å². The maximum atomic E-state index is 7.04. The third kappa shape index (κ3) is 11.5. The first-order valence-electron chi connectivity index (χ1n) is 11.4. The molecule has 0 aliphatic heterocycles. The Kier molecular flexibility index (Phi) is 16.4. The van der Waals surface area contributed by atoms with E-state index < -0.39 is 0 Å². The summed E-state index contributed by atoms with van der Waals surface area (Å²) >= 11 is 0. The predicted octanol–water partition coefficient (Wildman–Crippen LogP) is 8.01. The van der Waals surface area contributed by atoms with Gasteiger partial charge in [-0.2, -0.15) is 0 Å². The zero-order valence-electron chi connectivity index (χ0n) is 17.7. The van der Waals surface area contributed by atoms with Crippen LogP contribution in [0.5, 0.6) is 0 Å². The van der Waals surface area contributed by atoms with Crippen LogP contribution in [0.3, 0.4) is 0 Å². The molecule has 0 rings (SSSR count). The van der Waals surface area contributed by atoms with Crippen LogP contribution in [-0.4, -0.2) is 5.54 Å². The SMILES string of the molecule is CCCCCCCCCC(CCCC)C(N)(CCCC)CCCC. The molecule has 0 saturated carbocycles. The van der Waals surface area contributed by atoms with Gasteiger partial charge in [-0.05, 0) is 31.6 Å². The Labute approximate surface area is 154 Å². The molecule has 2 N–H and O–H groups in total. The number of unbranched alkanes of at least 4 members (excludes halogenated alkanes) is 9. The standard InChI is InChI=1S/C23H49N/c1-5-9-13-14-15-16-17-19-22(18-10-6-2)23(24,20-11-7-3)21-12-8-4/h22H,5-21,24H2,1-4H3. The molecule has 1 unspecified atom stereocenters. The fourth-order valence-electron chi connectivity index (χ4n) is 4.06. The van der Waals surface area contributed by atoms with E-state index in [4.69, 9.17) is 5.73 Å². The lowest BCUT2D eigenvalue weighted by Gasteiger charge is -2.39. The molecule has 0 spiro atoms. The van der Waals surface area contributed by atoms with Gasteiger partial charge in [-0.3, -0.25) is 0 Å². The molecule has 0 aromatic carbocycles. The van der Waals surface area contributed by atoms with E-state index in [0.717, 1.165) is 5.92 Å². The quantitative estimate of drug-likeness (QED) is 0.251. The first-order valence-corrected chi connectivity index (χ1v) is 11.4. The minimum atomic E-state index is 0.114. The van der Waals surface area contributed by atoms with Gasteiger partial charge in [-0.25, -0.2) is 0 Å². The molecule has 0 radical (unpaired) electrons. The minimum absolute atomic E-state index is 0.114. The van der Waals surface area contributed by atoms with Crippen LogP contribution in [0.15, 0.2) is 0 Å². The normalized spacial score (nSPS) is 13.4. The molecule has 0 fully saturated rings. The lowest BCUT2D eigenvalue weighted by molar-refractivity contribution is 0.193. The van der Waals surface area contributed by atoms with Gasteiger partial charge in [0.05, 0.1) is 0 Å². The summed E-state index contributed by atoms with van der Waals surface area (Å²) in [7, 11) is 0. The summed E-state index contributed by atoms with van der Waals surface area (Å²) in [4.78, 5) is 0. The van der Waals surface area contributed by atoms with E-state index in [2.05, 4.69) is 27.7 Å². The number of hydrogen-bond acceptors (Lipinski definition) is 1. The van der Waals surface area contributed by atoms with Gasteiger partial charge < -0.3 is 5.73 Å². The van der Waals surface area contributed by atoms with Crippen molar-refractivity contribution in [3.05, 3.63) is 0 Å². The second kappa shape index (κ2) is 16.4. The van der Waals surface area contributed by atoms with Crippen LogP contribution < -0.4 is 5.73 Å². The molecule has 0 bridgehead atoms. The fourth-order valence-corrected chi connectivity index (χ4v) is 4.06. The summed E-state index contributed by atoms with van der Waals surface area (Å²) in [6.45, 7) is 9.22. The highest BCUT2D eigenvalue weighted by Gasteiger charge is 2.32. The molecular formula is C23H49N. The zero-order valence-corrected chi connectivity index (χ0v) is 17.7. The summed E-state index contributed by atoms with van der Waals surface area (Å²) in [5.74, 6) is 0.756. The third-order valence-electron chi connectivity index (χ3n) is 5.87. The molecule has 0 aromatic heterocycles. The molecule has 0 aromatic rings. The molecule has 0 heterocycles. The van der Waals surface area contributed by atoms with Crippen LogP contribution in [0.25, 0.3) is 0 Å². The van der Waals surface area contributed by atoms with Crippen LogP contribution >= 0.6 is 0 Å². The number of rotatable bonds is 18. The topological polar surface area (TPSA) is 26.0 Å². The smallest absolute Gasteiger partial charge is 0.0182 e. The summed E-state index contributed by atoms with van der Waals surface area (Å²) in [6.07, 6.45) is 23.0. The van der Waals surface area contributed by atoms with E-state index in [1.54, 1.807) is 0 Å². The highest BCUT2D eigenvalue weighted by atomic mass is 14.8. The number of nitrogens with two attached hydrogens (primary N) is 1. The van der Waals surface area contributed by atoms with E-state index in [1.807, 2.05) is 0 Å². The molecule has 24 heavy (non-hydrogen) atoms. The monoisotopic (exact) mass is 339 g/mol. The second-order valence-corrected chi connectivity index (χ2v) is 8.19. The molecule has 1 nitrogen and oxygen atoms in total. The molecule has 0 aliphatic carbocycles. The van der Waals surface area contributed by atoms with Crippen molar-refractivity contribution in [1.82, 2.24) is 0 Å². The highest BCUT2D eigenvalue weighted by Crippen LogP contribution is 2.34. The Bertz CT molecular complexity index is 240. The van der Waals surface area contributed by atoms with E-state index in [0.29, 0.717) is 0 Å². The lowest BCUT2D eigenvalue weighted by atomic mass is 9.72. The first-order chi connectivity index (χ1) is 11.6. The van der Waals surface area contributed by atoms with Gasteiger partial charge >= 0.3 is 0 Å². The van der Waals surface area contributed by atoms with Gasteiger partial charge in [-0.15, -0.1) is 0 Å². The van der Waals surface area contributed by atoms with E-state index in [-0.39, 0.29) is 5.54 Å². The Morgan fingerprint density at radius 3 is 1.46 bits per heavy atom. The minimum Gasteiger partial charge on any atom is -0.325 e. The van der Waals surface area contributed by atoms with E-state index in [9.17, 15) is 0 Å². The summed E-state index contributed by atoms with van der Waals surface area (Å²) < 4.78 is 0. The van der Waals surface area contributed by atoms with Gasteiger partial charge in [0.2, 0.25) is 0 Å². The van der Waals surface area contributed by atoms with Crippen LogP contribution in [0.1, 0.15) is 137 Å². The van der Waals surface area contributed by atoms with Crippen molar-refractivity contribution in [2.75, 3.05) is 0 Å². The Morgan fingerprint density at radius 1 is 0.542 bits per heavy atom. The highest BCUT2D eigenvalue weighted by molar-refractivity contribution is 4.91. The zero-order chi connectivity index (χ0) is 18.1. The largest absolute Gasteiger partial charge is 0.325 e. The maximum absolute atomic E-state index is 7.04. The van der Waals surface area contributed by atoms with Crippen LogP contribution in [0.4, 0.5) is 0 Å². The molecule has 1 heteroatoms. The van der Waals surface area contributed by atoms with Crippen molar-refractivity contribution in [2.45, 2.75) is 142 Å². The third-order valence-corrected chi connectivity index (χ3v) is 5.87. The summed E-state index contributed by atoms with van der Waals surface area (Å²) in [5, 5.41) is 0. The molecule has 0 aliphatic rings. The van der Waals surface area contributed by atoms with Gasteiger partial charge in [0.1, 0.15) is 0 Å². The van der Waals surface area contributed by atoms with Crippen molar-refractivity contribution < 1.29 is 0 Å². The van der Waals surface area contributed by atoms with Crippen LogP contribution in [0, 0.1) is 5.92 Å². The molecule has 1 atom stereocenters. The van der Waals surface area contributed by atoms with Crippen molar-refractivity contribution in [2.24, 2.45) is 11.7 Å². The van der Waals surface area contributed by atoms with Crippen molar-refractivity contribution >= 4 is 0 Å². The summed E-state index contributed by atoms with van der Waals surface area (Å²) in [5.41, 5.74) is 7.15. The molecule has 0 saturated heterocycles. The second-order valence-electron chi connectivity index (χ2n) is 8.19. The fraction of sp³-hybridized carbons (Fsp3) is 1.00. The average molecular weight is 340 g/mol. The summed E-state index contributed by atoms with van der Waals surface area (Å²) in [6, 6.07) is 0. The average Bonchev–Trinajstić information content (AvgIpc) is 2.59. The van der Waals surface area contributed by atoms with Crippen molar-refractivity contribution in [1.29, 1.82) is 0 Å². The Hall–Kier alpha value is -0.0400. The van der Waals surface area contributed by atoms with Gasteiger partial charge in [0.25, 0.3) is 0 Å².